The first-order valence-corrected chi connectivity index (χ1v) is 9.65. The van der Waals surface area contributed by atoms with Crippen LogP contribution in [0.5, 0.6) is 17.2 Å². The molecule has 0 saturated heterocycles. The van der Waals surface area contributed by atoms with Gasteiger partial charge in [-0.25, -0.2) is 10.2 Å². The quantitative estimate of drug-likeness (QED) is 0.415. The molecule has 1 amide bonds. The molecule has 0 heterocycles. The van der Waals surface area contributed by atoms with Gasteiger partial charge in [-0.3, -0.25) is 4.79 Å². The van der Waals surface area contributed by atoms with Crippen LogP contribution in [-0.2, 0) is 16.0 Å². The van der Waals surface area contributed by atoms with Crippen molar-refractivity contribution in [1.29, 1.82) is 0 Å². The minimum absolute atomic E-state index is 0.137. The number of benzene rings is 2. The monoisotopic (exact) mass is 434 g/mol. The molecule has 0 spiro atoms. The van der Waals surface area contributed by atoms with E-state index >= 15 is 0 Å². The van der Waals surface area contributed by atoms with Crippen molar-refractivity contribution in [2.24, 2.45) is 5.10 Å². The molecule has 0 radical (unpaired) electrons. The third-order valence-electron chi connectivity index (χ3n) is 3.67. The largest absolute Gasteiger partial charge is 0.494 e. The minimum Gasteiger partial charge on any atom is -0.494 e. The van der Waals surface area contributed by atoms with Gasteiger partial charge in [-0.15, -0.1) is 0 Å². The van der Waals surface area contributed by atoms with Crippen molar-refractivity contribution in [2.75, 3.05) is 19.8 Å². The number of carbonyl (C=O) groups is 2. The number of carbonyl (C=O) groups excluding carboxylic acids is 1. The van der Waals surface area contributed by atoms with Crippen molar-refractivity contribution in [2.45, 2.75) is 20.3 Å². The Kier molecular flexibility index (Phi) is 8.96. The smallest absolute Gasteiger partial charge is 0.341 e. The molecule has 2 rings (SSSR count). The van der Waals surface area contributed by atoms with E-state index in [1.54, 1.807) is 25.1 Å². The molecule has 9 heteroatoms. The SMILES string of the molecule is CCOc1ccc(CC(=O)N/N=C\c2cc(Cl)c(OCC(=O)O)c(OCC)c2)cc1. The molecule has 0 unspecified atom stereocenters. The van der Waals surface area contributed by atoms with Crippen molar-refractivity contribution in [3.63, 3.8) is 0 Å². The van der Waals surface area contributed by atoms with Gasteiger partial charge in [-0.2, -0.15) is 5.10 Å². The van der Waals surface area contributed by atoms with Crippen LogP contribution in [0, 0.1) is 0 Å². The first-order valence-electron chi connectivity index (χ1n) is 9.27. The molecular weight excluding hydrogens is 412 g/mol. The highest BCUT2D eigenvalue weighted by Gasteiger charge is 2.13. The fourth-order valence-electron chi connectivity index (χ4n) is 2.47. The minimum atomic E-state index is -1.13. The first-order chi connectivity index (χ1) is 14.4. The van der Waals surface area contributed by atoms with Gasteiger partial charge in [0.1, 0.15) is 5.75 Å². The number of carboxylic acids is 1. The van der Waals surface area contributed by atoms with Gasteiger partial charge in [0, 0.05) is 0 Å². The van der Waals surface area contributed by atoms with Gasteiger partial charge in [0.2, 0.25) is 5.91 Å². The average molecular weight is 435 g/mol. The molecular formula is C21H23ClN2O6. The van der Waals surface area contributed by atoms with Gasteiger partial charge in [-0.05, 0) is 49.2 Å². The van der Waals surface area contributed by atoms with E-state index in [1.165, 1.54) is 12.3 Å². The number of hydrogen-bond donors (Lipinski definition) is 2. The second-order valence-corrected chi connectivity index (χ2v) is 6.40. The van der Waals surface area contributed by atoms with E-state index in [2.05, 4.69) is 10.5 Å². The predicted molar refractivity (Wildman–Crippen MR) is 113 cm³/mol. The lowest BCUT2D eigenvalue weighted by molar-refractivity contribution is -0.139. The number of nitrogens with one attached hydrogen (secondary N) is 1. The van der Waals surface area contributed by atoms with Crippen LogP contribution < -0.4 is 19.6 Å². The van der Waals surface area contributed by atoms with Crippen LogP contribution in [0.2, 0.25) is 5.02 Å². The highest BCUT2D eigenvalue weighted by molar-refractivity contribution is 6.32. The number of carboxylic acid groups (broad SMARTS) is 1. The van der Waals surface area contributed by atoms with Crippen LogP contribution in [0.25, 0.3) is 0 Å². The highest BCUT2D eigenvalue weighted by Crippen LogP contribution is 2.36. The van der Waals surface area contributed by atoms with Crippen molar-refractivity contribution in [3.8, 4) is 17.2 Å². The molecule has 30 heavy (non-hydrogen) atoms. The maximum absolute atomic E-state index is 12.1. The molecule has 0 bridgehead atoms. The summed E-state index contributed by atoms with van der Waals surface area (Å²) in [7, 11) is 0. The summed E-state index contributed by atoms with van der Waals surface area (Å²) >= 11 is 6.18. The van der Waals surface area contributed by atoms with Crippen molar-refractivity contribution >= 4 is 29.7 Å². The van der Waals surface area contributed by atoms with Crippen LogP contribution in [0.15, 0.2) is 41.5 Å². The maximum Gasteiger partial charge on any atom is 0.341 e. The predicted octanol–water partition coefficient (Wildman–Crippen LogP) is 3.29. The lowest BCUT2D eigenvalue weighted by Crippen LogP contribution is -2.19. The van der Waals surface area contributed by atoms with E-state index in [0.717, 1.165) is 11.3 Å². The standard InChI is InChI=1S/C21H23ClN2O6/c1-3-28-16-7-5-14(6-8-16)11-19(25)24-23-12-15-9-17(22)21(30-13-20(26)27)18(10-15)29-4-2/h5-10,12H,3-4,11,13H2,1-2H3,(H,24,25)(H,26,27)/b23-12-. The summed E-state index contributed by atoms with van der Waals surface area (Å²) in [5, 5.41) is 12.9. The van der Waals surface area contributed by atoms with Gasteiger partial charge in [-0.1, -0.05) is 23.7 Å². The summed E-state index contributed by atoms with van der Waals surface area (Å²) in [6, 6.07) is 10.4. The van der Waals surface area contributed by atoms with Crippen LogP contribution in [0.3, 0.4) is 0 Å². The Bertz CT molecular complexity index is 899. The van der Waals surface area contributed by atoms with Gasteiger partial charge >= 0.3 is 5.97 Å². The van der Waals surface area contributed by atoms with Gasteiger partial charge < -0.3 is 19.3 Å². The summed E-state index contributed by atoms with van der Waals surface area (Å²) in [5.41, 5.74) is 3.83. The fraction of sp³-hybridized carbons (Fsp3) is 0.286. The lowest BCUT2D eigenvalue weighted by Gasteiger charge is -2.13. The highest BCUT2D eigenvalue weighted by atomic mass is 35.5. The summed E-state index contributed by atoms with van der Waals surface area (Å²) in [6.45, 7) is 4.04. The number of amides is 1. The molecule has 0 aliphatic carbocycles. The normalized spacial score (nSPS) is 10.6. The molecule has 0 fully saturated rings. The number of nitrogens with zero attached hydrogens (tertiary/aromatic N) is 1. The van der Waals surface area contributed by atoms with E-state index in [1.807, 2.05) is 19.1 Å². The van der Waals surface area contributed by atoms with Crippen molar-refractivity contribution < 1.29 is 28.9 Å². The lowest BCUT2D eigenvalue weighted by atomic mass is 10.1. The zero-order valence-electron chi connectivity index (χ0n) is 16.7. The molecule has 2 aromatic rings. The second kappa shape index (κ2) is 11.7. The number of aliphatic carboxylic acids is 1. The molecule has 2 aromatic carbocycles. The fourth-order valence-corrected chi connectivity index (χ4v) is 2.75. The molecule has 2 N–H and O–H groups in total. The molecule has 0 aliphatic rings. The number of hydrazone groups is 1. The van der Waals surface area contributed by atoms with Crippen molar-refractivity contribution in [1.82, 2.24) is 5.43 Å². The van der Waals surface area contributed by atoms with Crippen LogP contribution in [-0.4, -0.2) is 43.0 Å². The van der Waals surface area contributed by atoms with E-state index in [9.17, 15) is 9.59 Å². The summed E-state index contributed by atoms with van der Waals surface area (Å²) < 4.78 is 16.0. The third-order valence-corrected chi connectivity index (χ3v) is 3.95. The van der Waals surface area contributed by atoms with Crippen LogP contribution in [0.4, 0.5) is 0 Å². The number of rotatable bonds is 11. The van der Waals surface area contributed by atoms with Gasteiger partial charge in [0.05, 0.1) is 30.9 Å². The number of ether oxygens (including phenoxy) is 3. The maximum atomic E-state index is 12.1. The van der Waals surface area contributed by atoms with E-state index in [4.69, 9.17) is 30.9 Å². The molecule has 0 atom stereocenters. The molecule has 0 aliphatic heterocycles. The molecule has 0 saturated carbocycles. The van der Waals surface area contributed by atoms with Crippen LogP contribution in [0.1, 0.15) is 25.0 Å². The van der Waals surface area contributed by atoms with E-state index < -0.39 is 12.6 Å². The van der Waals surface area contributed by atoms with Crippen LogP contribution >= 0.6 is 11.6 Å². The second-order valence-electron chi connectivity index (χ2n) is 5.99. The molecule has 0 aromatic heterocycles. The number of halogens is 1. The van der Waals surface area contributed by atoms with E-state index in [0.29, 0.717) is 18.8 Å². The Balaban J connectivity index is 2.00. The Labute approximate surface area is 179 Å². The number of hydrogen-bond acceptors (Lipinski definition) is 6. The van der Waals surface area contributed by atoms with Gasteiger partial charge in [0.15, 0.2) is 18.1 Å². The topological polar surface area (TPSA) is 106 Å². The summed E-state index contributed by atoms with van der Waals surface area (Å²) in [4.78, 5) is 22.8. The Hall–Kier alpha value is -3.26. The Morgan fingerprint density at radius 3 is 2.43 bits per heavy atom. The zero-order valence-corrected chi connectivity index (χ0v) is 17.4. The average Bonchev–Trinajstić information content (AvgIpc) is 2.69. The van der Waals surface area contributed by atoms with E-state index in [-0.39, 0.29) is 28.8 Å². The van der Waals surface area contributed by atoms with Gasteiger partial charge in [0.25, 0.3) is 0 Å². The molecule has 8 nitrogen and oxygen atoms in total. The summed E-state index contributed by atoms with van der Waals surface area (Å²) in [5.74, 6) is -0.245. The van der Waals surface area contributed by atoms with Crippen molar-refractivity contribution in [3.05, 3.63) is 52.5 Å². The summed E-state index contributed by atoms with van der Waals surface area (Å²) in [6.07, 6.45) is 1.57. The third kappa shape index (κ3) is 7.29. The Morgan fingerprint density at radius 2 is 1.80 bits per heavy atom. The molecule has 160 valence electrons. The Morgan fingerprint density at radius 1 is 1.10 bits per heavy atom. The first kappa shape index (κ1) is 23.0. The zero-order chi connectivity index (χ0) is 21.9.